The molecule has 1 amide bonds. The van der Waals surface area contributed by atoms with Crippen molar-refractivity contribution in [1.82, 2.24) is 14.9 Å². The molecule has 0 N–H and O–H groups in total. The summed E-state index contributed by atoms with van der Waals surface area (Å²) in [6, 6.07) is 8.44. The number of carbonyl (C=O) groups is 1. The summed E-state index contributed by atoms with van der Waals surface area (Å²) in [7, 11) is 0. The molecule has 6 heteroatoms. The SMILES string of the molecule is O=C(c1cnc(N2CCOCC2)nc1)N1CCc2ccccc2CC1. The summed E-state index contributed by atoms with van der Waals surface area (Å²) in [5, 5.41) is 0. The molecule has 1 fully saturated rings. The lowest BCUT2D eigenvalue weighted by Crippen LogP contribution is -2.37. The van der Waals surface area contributed by atoms with Crippen molar-refractivity contribution in [3.8, 4) is 0 Å². The van der Waals surface area contributed by atoms with Crippen molar-refractivity contribution in [2.45, 2.75) is 12.8 Å². The highest BCUT2D eigenvalue weighted by Crippen LogP contribution is 2.17. The van der Waals surface area contributed by atoms with Crippen LogP contribution < -0.4 is 4.90 Å². The summed E-state index contributed by atoms with van der Waals surface area (Å²) in [6.45, 7) is 4.44. The number of fused-ring (bicyclic) bond motifs is 1. The Bertz CT molecular complexity index is 714. The second kappa shape index (κ2) is 7.19. The zero-order chi connectivity index (χ0) is 17.1. The molecule has 0 saturated carbocycles. The Labute approximate surface area is 147 Å². The van der Waals surface area contributed by atoms with Crippen LogP contribution in [0.3, 0.4) is 0 Å². The minimum Gasteiger partial charge on any atom is -0.378 e. The quantitative estimate of drug-likeness (QED) is 0.832. The monoisotopic (exact) mass is 338 g/mol. The van der Waals surface area contributed by atoms with Gasteiger partial charge in [0.15, 0.2) is 0 Å². The molecule has 6 nitrogen and oxygen atoms in total. The standard InChI is InChI=1S/C19H22N4O2/c24-18(22-7-5-15-3-1-2-4-16(15)6-8-22)17-13-20-19(21-14-17)23-9-11-25-12-10-23/h1-4,13-14H,5-12H2. The predicted molar refractivity (Wildman–Crippen MR) is 94.8 cm³/mol. The van der Waals surface area contributed by atoms with Crippen molar-refractivity contribution in [1.29, 1.82) is 0 Å². The molecule has 1 aromatic carbocycles. The van der Waals surface area contributed by atoms with E-state index in [1.54, 1.807) is 12.4 Å². The van der Waals surface area contributed by atoms with Gasteiger partial charge >= 0.3 is 0 Å². The number of nitrogens with zero attached hydrogens (tertiary/aromatic N) is 4. The van der Waals surface area contributed by atoms with Crippen molar-refractivity contribution in [2.75, 3.05) is 44.3 Å². The molecule has 1 saturated heterocycles. The van der Waals surface area contributed by atoms with Crippen LogP contribution >= 0.6 is 0 Å². The lowest BCUT2D eigenvalue weighted by Gasteiger charge is -2.26. The van der Waals surface area contributed by atoms with Crippen molar-refractivity contribution in [3.05, 3.63) is 53.3 Å². The molecule has 0 unspecified atom stereocenters. The zero-order valence-electron chi connectivity index (χ0n) is 14.2. The maximum Gasteiger partial charge on any atom is 0.257 e. The van der Waals surface area contributed by atoms with Gasteiger partial charge in [0, 0.05) is 38.6 Å². The Kier molecular flexibility index (Phi) is 4.61. The molecule has 2 aromatic rings. The fraction of sp³-hybridized carbons (Fsp3) is 0.421. The maximum absolute atomic E-state index is 12.8. The third kappa shape index (κ3) is 3.49. The van der Waals surface area contributed by atoms with Crippen molar-refractivity contribution in [2.24, 2.45) is 0 Å². The number of hydrogen-bond donors (Lipinski definition) is 0. The van der Waals surface area contributed by atoms with Gasteiger partial charge in [-0.15, -0.1) is 0 Å². The number of morpholine rings is 1. The summed E-state index contributed by atoms with van der Waals surface area (Å²) in [4.78, 5) is 25.6. The van der Waals surface area contributed by atoms with Gasteiger partial charge in [-0.3, -0.25) is 4.79 Å². The fourth-order valence-electron chi connectivity index (χ4n) is 3.41. The van der Waals surface area contributed by atoms with Gasteiger partial charge in [0.05, 0.1) is 18.8 Å². The van der Waals surface area contributed by atoms with Gasteiger partial charge in [-0.25, -0.2) is 9.97 Å². The molecular weight excluding hydrogens is 316 g/mol. The predicted octanol–water partition coefficient (Wildman–Crippen LogP) is 1.55. The first-order valence-corrected chi connectivity index (χ1v) is 8.82. The molecule has 2 aliphatic heterocycles. The topological polar surface area (TPSA) is 58.6 Å². The van der Waals surface area contributed by atoms with E-state index in [1.165, 1.54) is 11.1 Å². The number of aromatic nitrogens is 2. The van der Waals surface area contributed by atoms with E-state index < -0.39 is 0 Å². The first kappa shape index (κ1) is 16.0. The van der Waals surface area contributed by atoms with E-state index in [1.807, 2.05) is 4.90 Å². The number of amides is 1. The number of carbonyl (C=O) groups excluding carboxylic acids is 1. The molecule has 0 atom stereocenters. The molecule has 0 bridgehead atoms. The summed E-state index contributed by atoms with van der Waals surface area (Å²) >= 11 is 0. The van der Waals surface area contributed by atoms with E-state index in [0.29, 0.717) is 24.7 Å². The van der Waals surface area contributed by atoms with E-state index in [-0.39, 0.29) is 5.91 Å². The van der Waals surface area contributed by atoms with Crippen LogP contribution in [0.2, 0.25) is 0 Å². The fourth-order valence-corrected chi connectivity index (χ4v) is 3.41. The van der Waals surface area contributed by atoms with Crippen molar-refractivity contribution < 1.29 is 9.53 Å². The normalized spacial score (nSPS) is 17.8. The average Bonchev–Trinajstić information content (AvgIpc) is 2.91. The van der Waals surface area contributed by atoms with Gasteiger partial charge in [-0.2, -0.15) is 0 Å². The van der Waals surface area contributed by atoms with E-state index in [2.05, 4.69) is 39.1 Å². The van der Waals surface area contributed by atoms with Gasteiger partial charge in [0.25, 0.3) is 5.91 Å². The lowest BCUT2D eigenvalue weighted by atomic mass is 10.0. The molecule has 130 valence electrons. The molecular formula is C19H22N4O2. The van der Waals surface area contributed by atoms with Crippen molar-refractivity contribution >= 4 is 11.9 Å². The van der Waals surface area contributed by atoms with E-state index in [9.17, 15) is 4.79 Å². The van der Waals surface area contributed by atoms with Gasteiger partial charge in [0.1, 0.15) is 0 Å². The maximum atomic E-state index is 12.8. The number of rotatable bonds is 2. The minimum atomic E-state index is 0.0151. The summed E-state index contributed by atoms with van der Waals surface area (Å²) in [6.07, 6.45) is 5.10. The third-order valence-corrected chi connectivity index (χ3v) is 4.89. The molecule has 0 spiro atoms. The Balaban J connectivity index is 1.44. The van der Waals surface area contributed by atoms with Crippen molar-refractivity contribution in [3.63, 3.8) is 0 Å². The largest absolute Gasteiger partial charge is 0.378 e. The highest BCUT2D eigenvalue weighted by molar-refractivity contribution is 5.93. The molecule has 0 aliphatic carbocycles. The lowest BCUT2D eigenvalue weighted by molar-refractivity contribution is 0.0762. The van der Waals surface area contributed by atoms with Crippen LogP contribution in [-0.2, 0) is 17.6 Å². The van der Waals surface area contributed by atoms with Gasteiger partial charge in [-0.1, -0.05) is 24.3 Å². The van der Waals surface area contributed by atoms with Crippen LogP contribution in [0, 0.1) is 0 Å². The smallest absolute Gasteiger partial charge is 0.257 e. The second-order valence-corrected chi connectivity index (χ2v) is 6.43. The van der Waals surface area contributed by atoms with E-state index in [4.69, 9.17) is 4.74 Å². The highest BCUT2D eigenvalue weighted by Gasteiger charge is 2.21. The Morgan fingerprint density at radius 3 is 2.12 bits per heavy atom. The summed E-state index contributed by atoms with van der Waals surface area (Å²) in [5.74, 6) is 0.685. The first-order valence-electron chi connectivity index (χ1n) is 8.82. The number of hydrogen-bond acceptors (Lipinski definition) is 5. The highest BCUT2D eigenvalue weighted by atomic mass is 16.5. The van der Waals surface area contributed by atoms with Gasteiger partial charge in [-0.05, 0) is 24.0 Å². The first-order chi connectivity index (χ1) is 12.3. The molecule has 2 aliphatic rings. The molecule has 1 aromatic heterocycles. The van der Waals surface area contributed by atoms with Crippen LogP contribution in [-0.4, -0.2) is 60.2 Å². The summed E-state index contributed by atoms with van der Waals surface area (Å²) < 4.78 is 5.34. The molecule has 25 heavy (non-hydrogen) atoms. The zero-order valence-corrected chi connectivity index (χ0v) is 14.2. The number of benzene rings is 1. The van der Waals surface area contributed by atoms with Crippen LogP contribution in [0.1, 0.15) is 21.5 Å². The van der Waals surface area contributed by atoms with E-state index in [0.717, 1.165) is 39.0 Å². The molecule has 3 heterocycles. The van der Waals surface area contributed by atoms with Crippen LogP contribution in [0.15, 0.2) is 36.7 Å². The van der Waals surface area contributed by atoms with Gasteiger partial charge < -0.3 is 14.5 Å². The number of ether oxygens (including phenoxy) is 1. The Morgan fingerprint density at radius 2 is 1.52 bits per heavy atom. The Morgan fingerprint density at radius 1 is 0.920 bits per heavy atom. The Hall–Kier alpha value is -2.47. The minimum absolute atomic E-state index is 0.0151. The van der Waals surface area contributed by atoms with E-state index >= 15 is 0 Å². The molecule has 0 radical (unpaired) electrons. The van der Waals surface area contributed by atoms with Crippen LogP contribution in [0.25, 0.3) is 0 Å². The van der Waals surface area contributed by atoms with Crippen LogP contribution in [0.5, 0.6) is 0 Å². The summed E-state index contributed by atoms with van der Waals surface area (Å²) in [5.41, 5.74) is 3.25. The van der Waals surface area contributed by atoms with Gasteiger partial charge in [0.2, 0.25) is 5.95 Å². The average molecular weight is 338 g/mol. The molecule has 4 rings (SSSR count). The third-order valence-electron chi connectivity index (χ3n) is 4.89. The number of anilines is 1. The van der Waals surface area contributed by atoms with Crippen LogP contribution in [0.4, 0.5) is 5.95 Å². The second-order valence-electron chi connectivity index (χ2n) is 6.43.